The lowest BCUT2D eigenvalue weighted by molar-refractivity contribution is 0.296. The van der Waals surface area contributed by atoms with Gasteiger partial charge in [0.25, 0.3) is 5.22 Å². The number of hydrogen-bond acceptors (Lipinski definition) is 7. The molecule has 6 nitrogen and oxygen atoms in total. The maximum atomic E-state index is 11.3. The Morgan fingerprint density at radius 3 is 2.94 bits per heavy atom. The summed E-state index contributed by atoms with van der Waals surface area (Å²) in [6.45, 7) is 0.134. The molecule has 1 N–H and O–H groups in total. The minimum absolute atomic E-state index is 0.107. The van der Waals surface area contributed by atoms with Crippen LogP contribution in [0.5, 0.6) is 0 Å². The fourth-order valence-electron chi connectivity index (χ4n) is 1.66. The van der Waals surface area contributed by atoms with Gasteiger partial charge < -0.3 is 9.52 Å². The normalized spacial score (nSPS) is 23.0. The van der Waals surface area contributed by atoms with E-state index < -0.39 is 9.84 Å². The molecule has 0 unspecified atom stereocenters. The minimum Gasteiger partial charge on any atom is -0.416 e. The molecule has 8 heteroatoms. The lowest BCUT2D eigenvalue weighted by Gasteiger charge is -1.99. The number of aromatic nitrogens is 2. The molecule has 2 rings (SSSR count). The number of hydrogen-bond donors (Lipinski definition) is 1. The summed E-state index contributed by atoms with van der Waals surface area (Å²) in [5.74, 6) is 1.28. The summed E-state index contributed by atoms with van der Waals surface area (Å²) in [6.07, 6.45) is 1.23. The zero-order valence-corrected chi connectivity index (χ0v) is 10.8. The molecule has 17 heavy (non-hydrogen) atoms. The lowest BCUT2D eigenvalue weighted by Crippen LogP contribution is -2.03. The van der Waals surface area contributed by atoms with Gasteiger partial charge in [0.2, 0.25) is 5.89 Å². The van der Waals surface area contributed by atoms with Gasteiger partial charge in [0.05, 0.1) is 17.4 Å². The number of thioether (sulfide) groups is 1. The summed E-state index contributed by atoms with van der Waals surface area (Å²) in [5, 5.41) is 16.8. The van der Waals surface area contributed by atoms with Gasteiger partial charge in [0.1, 0.15) is 0 Å². The number of rotatable bonds is 5. The maximum absolute atomic E-state index is 11.3. The fraction of sp³-hybridized carbons (Fsp3) is 0.778. The van der Waals surface area contributed by atoms with Crippen LogP contribution in [0, 0.1) is 0 Å². The number of aliphatic hydroxyl groups is 1. The topological polar surface area (TPSA) is 93.3 Å². The third kappa shape index (κ3) is 3.43. The summed E-state index contributed by atoms with van der Waals surface area (Å²) < 4.78 is 28.0. The Hall–Kier alpha value is -0.600. The van der Waals surface area contributed by atoms with Crippen LogP contribution in [0.2, 0.25) is 0 Å². The van der Waals surface area contributed by atoms with E-state index in [0.717, 1.165) is 0 Å². The highest BCUT2D eigenvalue weighted by Gasteiger charge is 2.32. The zero-order valence-electron chi connectivity index (χ0n) is 9.20. The second kappa shape index (κ2) is 5.36. The largest absolute Gasteiger partial charge is 0.416 e. The Balaban J connectivity index is 1.94. The molecule has 96 valence electrons. The lowest BCUT2D eigenvalue weighted by atomic mass is 10.1. The number of aliphatic hydroxyl groups excluding tert-OH is 1. The van der Waals surface area contributed by atoms with Crippen LogP contribution in [0.1, 0.15) is 24.7 Å². The number of sulfone groups is 1. The van der Waals surface area contributed by atoms with Gasteiger partial charge >= 0.3 is 0 Å². The molecule has 2 heterocycles. The molecule has 1 aromatic heterocycles. The van der Waals surface area contributed by atoms with Gasteiger partial charge in [-0.15, -0.1) is 10.2 Å². The van der Waals surface area contributed by atoms with Crippen molar-refractivity contribution in [3.05, 3.63) is 5.89 Å². The Morgan fingerprint density at radius 1 is 1.47 bits per heavy atom. The second-order valence-electron chi connectivity index (χ2n) is 3.93. The van der Waals surface area contributed by atoms with Crippen LogP contribution in [0.25, 0.3) is 0 Å². The van der Waals surface area contributed by atoms with Crippen molar-refractivity contribution in [1.82, 2.24) is 10.2 Å². The van der Waals surface area contributed by atoms with E-state index in [-0.39, 0.29) is 24.0 Å². The summed E-state index contributed by atoms with van der Waals surface area (Å²) in [6, 6.07) is 0. The minimum atomic E-state index is -2.92. The first-order valence-corrected chi connectivity index (χ1v) is 8.19. The van der Waals surface area contributed by atoms with Crippen molar-refractivity contribution in [2.45, 2.75) is 24.0 Å². The Morgan fingerprint density at radius 2 is 2.29 bits per heavy atom. The molecule has 0 bridgehead atoms. The van der Waals surface area contributed by atoms with Gasteiger partial charge in [-0.1, -0.05) is 11.8 Å². The summed E-state index contributed by atoms with van der Waals surface area (Å²) >= 11 is 1.37. The average Bonchev–Trinajstić information content (AvgIpc) is 2.85. The summed E-state index contributed by atoms with van der Waals surface area (Å²) in [5.41, 5.74) is 0. The van der Waals surface area contributed by atoms with E-state index in [9.17, 15) is 8.42 Å². The molecule has 1 aromatic rings. The van der Waals surface area contributed by atoms with Crippen LogP contribution in [0.15, 0.2) is 9.64 Å². The van der Waals surface area contributed by atoms with E-state index in [1.165, 1.54) is 11.8 Å². The molecular weight excluding hydrogens is 264 g/mol. The van der Waals surface area contributed by atoms with E-state index in [2.05, 4.69) is 10.2 Å². The van der Waals surface area contributed by atoms with Crippen molar-refractivity contribution in [2.24, 2.45) is 0 Å². The third-order valence-electron chi connectivity index (χ3n) is 2.53. The van der Waals surface area contributed by atoms with E-state index in [4.69, 9.17) is 9.52 Å². The van der Waals surface area contributed by atoms with Crippen LogP contribution in [0.3, 0.4) is 0 Å². The molecule has 1 aliphatic rings. The molecule has 0 saturated carbocycles. The highest BCUT2D eigenvalue weighted by atomic mass is 32.2. The summed E-state index contributed by atoms with van der Waals surface area (Å²) in [4.78, 5) is 0. The molecule has 0 amide bonds. The van der Waals surface area contributed by atoms with Crippen LogP contribution >= 0.6 is 11.8 Å². The van der Waals surface area contributed by atoms with Crippen molar-refractivity contribution in [1.29, 1.82) is 0 Å². The first kappa shape index (κ1) is 12.8. The van der Waals surface area contributed by atoms with Gasteiger partial charge in [0.15, 0.2) is 9.84 Å². The van der Waals surface area contributed by atoms with Crippen LogP contribution in [-0.2, 0) is 9.84 Å². The standard InChI is InChI=1S/C9H14N2O4S2/c12-3-1-4-16-9-11-10-8(15-9)7-2-5-17(13,14)6-7/h7,12H,1-6H2/t7-/m0/s1. The molecular formula is C9H14N2O4S2. The first-order valence-electron chi connectivity index (χ1n) is 5.38. The molecule has 1 aliphatic heterocycles. The highest BCUT2D eigenvalue weighted by Crippen LogP contribution is 2.29. The Bertz CT molecular complexity index is 471. The Labute approximate surface area is 104 Å². The van der Waals surface area contributed by atoms with E-state index in [0.29, 0.717) is 29.7 Å². The zero-order chi connectivity index (χ0) is 12.3. The molecule has 0 aromatic carbocycles. The molecule has 1 atom stereocenters. The quantitative estimate of drug-likeness (QED) is 0.617. The van der Waals surface area contributed by atoms with Crippen molar-refractivity contribution in [3.8, 4) is 0 Å². The molecule has 0 aliphatic carbocycles. The Kier molecular flexibility index (Phi) is 4.05. The third-order valence-corrected chi connectivity index (χ3v) is 5.20. The SMILES string of the molecule is O=S1(=O)CC[C@H](c2nnc(SCCCO)o2)C1. The average molecular weight is 278 g/mol. The van der Waals surface area contributed by atoms with Gasteiger partial charge in [-0.05, 0) is 12.8 Å². The van der Waals surface area contributed by atoms with Gasteiger partial charge in [-0.2, -0.15) is 0 Å². The maximum Gasteiger partial charge on any atom is 0.276 e. The van der Waals surface area contributed by atoms with E-state index >= 15 is 0 Å². The first-order chi connectivity index (χ1) is 8.11. The predicted octanol–water partition coefficient (Wildman–Crippen LogP) is 0.446. The van der Waals surface area contributed by atoms with Gasteiger partial charge in [0, 0.05) is 12.4 Å². The van der Waals surface area contributed by atoms with Gasteiger partial charge in [-0.25, -0.2) is 8.42 Å². The number of nitrogens with zero attached hydrogens (tertiary/aromatic N) is 2. The van der Waals surface area contributed by atoms with Crippen molar-refractivity contribution in [2.75, 3.05) is 23.9 Å². The highest BCUT2D eigenvalue weighted by molar-refractivity contribution is 7.99. The van der Waals surface area contributed by atoms with E-state index in [1.54, 1.807) is 0 Å². The van der Waals surface area contributed by atoms with Crippen molar-refractivity contribution >= 4 is 21.6 Å². The summed E-state index contributed by atoms with van der Waals surface area (Å²) in [7, 11) is -2.92. The monoisotopic (exact) mass is 278 g/mol. The van der Waals surface area contributed by atoms with Crippen molar-refractivity contribution in [3.63, 3.8) is 0 Å². The van der Waals surface area contributed by atoms with Crippen LogP contribution in [0.4, 0.5) is 0 Å². The molecule has 0 spiro atoms. The molecule has 0 radical (unpaired) electrons. The van der Waals surface area contributed by atoms with Crippen molar-refractivity contribution < 1.29 is 17.9 Å². The fourth-order valence-corrected chi connectivity index (χ4v) is 4.08. The van der Waals surface area contributed by atoms with Gasteiger partial charge in [-0.3, -0.25) is 0 Å². The predicted molar refractivity (Wildman–Crippen MR) is 62.7 cm³/mol. The molecule has 1 fully saturated rings. The smallest absolute Gasteiger partial charge is 0.276 e. The van der Waals surface area contributed by atoms with Crippen LogP contribution in [-0.4, -0.2) is 47.6 Å². The van der Waals surface area contributed by atoms with Crippen LogP contribution < -0.4 is 0 Å². The van der Waals surface area contributed by atoms with E-state index in [1.807, 2.05) is 0 Å². The molecule has 1 saturated heterocycles. The second-order valence-corrected chi connectivity index (χ2v) is 7.21.